The highest BCUT2D eigenvalue weighted by atomic mass is 19.1. The smallest absolute Gasteiger partial charge is 0.123 e. The molecule has 0 amide bonds. The average Bonchev–Trinajstić information content (AvgIpc) is 2.30. The molecule has 1 aromatic heterocycles. The average molecular weight is 202 g/mol. The van der Waals surface area contributed by atoms with Gasteiger partial charge in [-0.2, -0.15) is 0 Å². The van der Waals surface area contributed by atoms with Gasteiger partial charge in [-0.3, -0.25) is 4.98 Å². The van der Waals surface area contributed by atoms with Gasteiger partial charge < -0.3 is 5.73 Å². The van der Waals surface area contributed by atoms with E-state index in [1.54, 1.807) is 18.5 Å². The number of aromatic nitrogens is 1. The third kappa shape index (κ3) is 2.02. The number of halogens is 1. The van der Waals surface area contributed by atoms with Crippen LogP contribution in [0.4, 0.5) is 4.39 Å². The molecule has 0 fully saturated rings. The van der Waals surface area contributed by atoms with Gasteiger partial charge in [-0.25, -0.2) is 4.39 Å². The van der Waals surface area contributed by atoms with Gasteiger partial charge in [0.05, 0.1) is 0 Å². The third-order valence-electron chi connectivity index (χ3n) is 2.28. The van der Waals surface area contributed by atoms with E-state index in [1.807, 2.05) is 12.1 Å². The van der Waals surface area contributed by atoms with E-state index in [2.05, 4.69) is 4.98 Å². The minimum absolute atomic E-state index is 0.256. The first-order valence-electron chi connectivity index (χ1n) is 4.70. The van der Waals surface area contributed by atoms with E-state index < -0.39 is 0 Å². The first-order chi connectivity index (χ1) is 7.31. The van der Waals surface area contributed by atoms with Crippen molar-refractivity contribution in [1.29, 1.82) is 0 Å². The van der Waals surface area contributed by atoms with Crippen molar-refractivity contribution in [2.45, 2.75) is 6.54 Å². The fraction of sp³-hybridized carbons (Fsp3) is 0.0833. The lowest BCUT2D eigenvalue weighted by atomic mass is 10.0. The van der Waals surface area contributed by atoms with Crippen LogP contribution < -0.4 is 5.73 Å². The van der Waals surface area contributed by atoms with Gasteiger partial charge in [-0.1, -0.05) is 6.07 Å². The highest BCUT2D eigenvalue weighted by Crippen LogP contribution is 2.23. The maximum absolute atomic E-state index is 13.0. The van der Waals surface area contributed by atoms with Crippen molar-refractivity contribution in [3.63, 3.8) is 0 Å². The Balaban J connectivity index is 2.53. The van der Waals surface area contributed by atoms with Crippen LogP contribution in [0.2, 0.25) is 0 Å². The fourth-order valence-corrected chi connectivity index (χ4v) is 1.54. The molecule has 2 nitrogen and oxygen atoms in total. The molecule has 3 heteroatoms. The van der Waals surface area contributed by atoms with Crippen molar-refractivity contribution in [2.24, 2.45) is 5.73 Å². The molecule has 0 radical (unpaired) electrons. The van der Waals surface area contributed by atoms with Gasteiger partial charge in [-0.05, 0) is 41.0 Å². The molecule has 0 atom stereocenters. The molecular weight excluding hydrogens is 191 g/mol. The van der Waals surface area contributed by atoms with Crippen LogP contribution in [0.5, 0.6) is 0 Å². The molecule has 0 aliphatic carbocycles. The highest BCUT2D eigenvalue weighted by molar-refractivity contribution is 5.66. The number of nitrogens with zero attached hydrogens (tertiary/aromatic N) is 1. The molecule has 2 N–H and O–H groups in total. The molecule has 1 heterocycles. The molecule has 0 saturated heterocycles. The Bertz CT molecular complexity index is 454. The van der Waals surface area contributed by atoms with Gasteiger partial charge in [0.2, 0.25) is 0 Å². The Morgan fingerprint density at radius 2 is 1.87 bits per heavy atom. The molecule has 0 aliphatic rings. The molecule has 2 aromatic rings. The number of hydrogen-bond donors (Lipinski definition) is 1. The van der Waals surface area contributed by atoms with Gasteiger partial charge in [0.15, 0.2) is 0 Å². The van der Waals surface area contributed by atoms with E-state index in [4.69, 9.17) is 5.73 Å². The van der Waals surface area contributed by atoms with Gasteiger partial charge in [-0.15, -0.1) is 0 Å². The zero-order chi connectivity index (χ0) is 10.7. The minimum atomic E-state index is -0.256. The van der Waals surface area contributed by atoms with Crippen molar-refractivity contribution in [2.75, 3.05) is 0 Å². The summed E-state index contributed by atoms with van der Waals surface area (Å²) in [7, 11) is 0. The fourth-order valence-electron chi connectivity index (χ4n) is 1.54. The summed E-state index contributed by atoms with van der Waals surface area (Å²) in [5.74, 6) is -0.256. The van der Waals surface area contributed by atoms with E-state index in [0.29, 0.717) is 6.54 Å². The second kappa shape index (κ2) is 4.19. The van der Waals surface area contributed by atoms with E-state index in [9.17, 15) is 4.39 Å². The SMILES string of the molecule is NCc1cc(F)ccc1-c1ccncc1. The molecule has 0 spiro atoms. The summed E-state index contributed by atoms with van der Waals surface area (Å²) in [4.78, 5) is 3.94. The lowest BCUT2D eigenvalue weighted by Crippen LogP contribution is -1.99. The Hall–Kier alpha value is -1.74. The van der Waals surface area contributed by atoms with Crippen molar-refractivity contribution in [1.82, 2.24) is 4.98 Å². The van der Waals surface area contributed by atoms with Gasteiger partial charge >= 0.3 is 0 Å². The lowest BCUT2D eigenvalue weighted by molar-refractivity contribution is 0.625. The van der Waals surface area contributed by atoms with Crippen LogP contribution in [0.1, 0.15) is 5.56 Å². The first-order valence-corrected chi connectivity index (χ1v) is 4.70. The summed E-state index contributed by atoms with van der Waals surface area (Å²) < 4.78 is 13.0. The zero-order valence-corrected chi connectivity index (χ0v) is 8.15. The quantitative estimate of drug-likeness (QED) is 0.811. The van der Waals surface area contributed by atoms with Crippen LogP contribution in [0.15, 0.2) is 42.7 Å². The number of rotatable bonds is 2. The number of hydrogen-bond acceptors (Lipinski definition) is 2. The molecule has 15 heavy (non-hydrogen) atoms. The van der Waals surface area contributed by atoms with E-state index in [1.165, 1.54) is 12.1 Å². The Morgan fingerprint density at radius 3 is 2.53 bits per heavy atom. The number of pyridine rings is 1. The summed E-state index contributed by atoms with van der Waals surface area (Å²) in [6.07, 6.45) is 3.41. The van der Waals surface area contributed by atoms with Crippen LogP contribution in [-0.2, 0) is 6.54 Å². The maximum Gasteiger partial charge on any atom is 0.123 e. The summed E-state index contributed by atoms with van der Waals surface area (Å²) in [5, 5.41) is 0. The minimum Gasteiger partial charge on any atom is -0.326 e. The van der Waals surface area contributed by atoms with Crippen LogP contribution >= 0.6 is 0 Å². The van der Waals surface area contributed by atoms with Gasteiger partial charge in [0.1, 0.15) is 5.82 Å². The highest BCUT2D eigenvalue weighted by Gasteiger charge is 2.04. The first kappa shape index (κ1) is 9.80. The maximum atomic E-state index is 13.0. The predicted octanol–water partition coefficient (Wildman–Crippen LogP) is 2.35. The molecule has 0 unspecified atom stereocenters. The molecular formula is C12H11FN2. The standard InChI is InChI=1S/C12H11FN2/c13-11-1-2-12(10(7-11)8-14)9-3-5-15-6-4-9/h1-7H,8,14H2. The molecule has 0 saturated carbocycles. The number of nitrogens with two attached hydrogens (primary N) is 1. The normalized spacial score (nSPS) is 10.3. The Morgan fingerprint density at radius 1 is 1.13 bits per heavy atom. The number of benzene rings is 1. The van der Waals surface area contributed by atoms with E-state index in [-0.39, 0.29) is 5.82 Å². The van der Waals surface area contributed by atoms with E-state index in [0.717, 1.165) is 16.7 Å². The molecule has 0 bridgehead atoms. The summed E-state index contributed by atoms with van der Waals surface area (Å²) >= 11 is 0. The Kier molecular flexibility index (Phi) is 2.74. The Labute approximate surface area is 87.6 Å². The van der Waals surface area contributed by atoms with Crippen LogP contribution in [0.3, 0.4) is 0 Å². The molecule has 0 aliphatic heterocycles. The topological polar surface area (TPSA) is 38.9 Å². The second-order valence-electron chi connectivity index (χ2n) is 3.24. The van der Waals surface area contributed by atoms with Gasteiger partial charge in [0, 0.05) is 18.9 Å². The molecule has 1 aromatic carbocycles. The van der Waals surface area contributed by atoms with Crippen molar-refractivity contribution in [3.8, 4) is 11.1 Å². The largest absolute Gasteiger partial charge is 0.326 e. The van der Waals surface area contributed by atoms with Crippen LogP contribution in [0.25, 0.3) is 11.1 Å². The predicted molar refractivity (Wildman–Crippen MR) is 57.5 cm³/mol. The van der Waals surface area contributed by atoms with Crippen molar-refractivity contribution >= 4 is 0 Å². The summed E-state index contributed by atoms with van der Waals surface area (Å²) in [6.45, 7) is 0.329. The summed E-state index contributed by atoms with van der Waals surface area (Å²) in [6, 6.07) is 8.41. The third-order valence-corrected chi connectivity index (χ3v) is 2.28. The van der Waals surface area contributed by atoms with E-state index >= 15 is 0 Å². The zero-order valence-electron chi connectivity index (χ0n) is 8.15. The van der Waals surface area contributed by atoms with Crippen molar-refractivity contribution < 1.29 is 4.39 Å². The van der Waals surface area contributed by atoms with Crippen molar-refractivity contribution in [3.05, 3.63) is 54.1 Å². The molecule has 2 rings (SSSR count). The molecule has 76 valence electrons. The lowest BCUT2D eigenvalue weighted by Gasteiger charge is -2.07. The summed E-state index contributed by atoms with van der Waals surface area (Å²) in [5.41, 5.74) is 8.35. The van der Waals surface area contributed by atoms with Crippen LogP contribution in [-0.4, -0.2) is 4.98 Å². The van der Waals surface area contributed by atoms with Crippen LogP contribution in [0, 0.1) is 5.82 Å². The second-order valence-corrected chi connectivity index (χ2v) is 3.24. The monoisotopic (exact) mass is 202 g/mol. The van der Waals surface area contributed by atoms with Gasteiger partial charge in [0.25, 0.3) is 0 Å².